The molecule has 14 heteroatoms. The van der Waals surface area contributed by atoms with E-state index in [9.17, 15) is 0 Å². The molecule has 9 aromatic rings. The van der Waals surface area contributed by atoms with E-state index in [1.54, 1.807) is 206 Å². The van der Waals surface area contributed by atoms with Crippen molar-refractivity contribution in [1.29, 1.82) is 0 Å². The van der Waals surface area contributed by atoms with Crippen LogP contribution in [0.3, 0.4) is 0 Å². The molecule has 0 aromatic heterocycles. The summed E-state index contributed by atoms with van der Waals surface area (Å²) in [7, 11) is -2.37. The van der Waals surface area contributed by atoms with Crippen LogP contribution in [0.25, 0.3) is 0 Å². The van der Waals surface area contributed by atoms with Crippen molar-refractivity contribution in [3.63, 3.8) is 0 Å². The van der Waals surface area contributed by atoms with Crippen LogP contribution in [0, 0.1) is 0 Å². The van der Waals surface area contributed by atoms with Gasteiger partial charge in [0.1, 0.15) is 0 Å². The van der Waals surface area contributed by atoms with Crippen LogP contribution in [0.15, 0.2) is 249 Å². The summed E-state index contributed by atoms with van der Waals surface area (Å²) < 4.78 is 113. The molecule has 0 aliphatic rings. The van der Waals surface area contributed by atoms with Gasteiger partial charge in [-0.15, -0.1) is 0 Å². The Hall–Kier alpha value is -7.46. The molecule has 5 nitrogen and oxygen atoms in total. The summed E-state index contributed by atoms with van der Waals surface area (Å²) in [4.78, 5) is 31.8. The summed E-state index contributed by atoms with van der Waals surface area (Å²) in [5.41, 5.74) is -0.728. The van der Waals surface area contributed by atoms with E-state index in [-0.39, 0.29) is 17.9 Å². The van der Waals surface area contributed by atoms with Gasteiger partial charge in [0.25, 0.3) is 0 Å². The normalized spacial score (nSPS) is 13.2. The third-order valence-electron chi connectivity index (χ3n) is 14.9. The number of Topliss-reactive ketones (excluding diaryl/α,β-unsaturated/α-hetero) is 2. The van der Waals surface area contributed by atoms with Crippen molar-refractivity contribution in [2.24, 2.45) is 0 Å². The molecule has 9 rings (SSSR count). The van der Waals surface area contributed by atoms with Crippen molar-refractivity contribution in [2.75, 3.05) is 12.3 Å². The SMILES string of the molecule is CC(C)c1ccc(C(=O)CP(OB(Oc2cc(C(F)(F)F)cc(C(F)(F)F)c2)OP(CC(=O)c2ccc(C(C)C)cc2)(c2ccccc2)(c2ccccc2)c2ccccc2)(c2ccccc2)(c2ccccc2)c2ccccc2)cc1. The predicted molar refractivity (Wildman–Crippen MR) is 315 cm³/mol. The Kier molecular flexibility index (Phi) is 16.4. The number of ketones is 2. The quantitative estimate of drug-likeness (QED) is 0.0329. The molecule has 80 heavy (non-hydrogen) atoms. The van der Waals surface area contributed by atoms with E-state index < -0.39 is 74.1 Å². The second-order valence-electron chi connectivity index (χ2n) is 20.5. The minimum atomic E-state index is -5.30. The number of carbonyl (C=O) groups is 2. The third kappa shape index (κ3) is 10.9. The number of hydrogen-bond acceptors (Lipinski definition) is 5. The van der Waals surface area contributed by atoms with Gasteiger partial charge in [-0.1, -0.05) is 0 Å². The van der Waals surface area contributed by atoms with Gasteiger partial charge in [-0.05, 0) is 0 Å². The van der Waals surface area contributed by atoms with Crippen molar-refractivity contribution < 1.29 is 49.5 Å². The van der Waals surface area contributed by atoms with E-state index >= 15 is 35.9 Å². The number of alkyl halides is 6. The number of benzene rings is 9. The van der Waals surface area contributed by atoms with Gasteiger partial charge in [0.05, 0.1) is 0 Å². The molecule has 9 aromatic carbocycles. The Bertz CT molecular complexity index is 3120. The maximum absolute atomic E-state index is 15.9. The fourth-order valence-electron chi connectivity index (χ4n) is 10.7. The number of halogens is 6. The van der Waals surface area contributed by atoms with E-state index in [0.717, 1.165) is 11.1 Å². The van der Waals surface area contributed by atoms with Crippen molar-refractivity contribution in [1.82, 2.24) is 0 Å². The Morgan fingerprint density at radius 2 is 0.637 bits per heavy atom. The molecule has 0 aliphatic heterocycles. The van der Waals surface area contributed by atoms with Crippen LogP contribution in [0.1, 0.15) is 82.5 Å². The number of hydrogen-bond donors (Lipinski definition) is 0. The van der Waals surface area contributed by atoms with Crippen LogP contribution in [-0.2, 0) is 21.2 Å². The average Bonchev–Trinajstić information content (AvgIpc) is 3.48. The minimum absolute atomic E-state index is 0.0197. The van der Waals surface area contributed by atoms with Crippen LogP contribution in [0.5, 0.6) is 5.75 Å². The average molecular weight is 1120 g/mol. The summed E-state index contributed by atoms with van der Waals surface area (Å²) in [5, 5.41) is 2.67. The van der Waals surface area contributed by atoms with Crippen LogP contribution >= 0.6 is 13.7 Å². The first-order valence-corrected chi connectivity index (χ1v) is 30.9. The zero-order valence-corrected chi connectivity index (χ0v) is 46.3. The molecule has 0 N–H and O–H groups in total. The maximum atomic E-state index is 15.9. The summed E-state index contributed by atoms with van der Waals surface area (Å²) in [5.74, 6) is -1.47. The van der Waals surface area contributed by atoms with Gasteiger partial charge in [-0.2, -0.15) is 0 Å². The van der Waals surface area contributed by atoms with E-state index in [4.69, 9.17) is 13.5 Å². The second-order valence-corrected chi connectivity index (χ2v) is 29.5. The Labute approximate surface area is 463 Å². The van der Waals surface area contributed by atoms with Crippen molar-refractivity contribution in [3.05, 3.63) is 282 Å². The summed E-state index contributed by atoms with van der Waals surface area (Å²) >= 11 is 0. The van der Waals surface area contributed by atoms with Crippen LogP contribution in [-0.4, -0.2) is 31.2 Å². The van der Waals surface area contributed by atoms with Gasteiger partial charge in [0.2, 0.25) is 0 Å². The fourth-order valence-corrected chi connectivity index (χ4v) is 21.8. The van der Waals surface area contributed by atoms with Crippen molar-refractivity contribution in [2.45, 2.75) is 51.9 Å². The molecule has 0 heterocycles. The Morgan fingerprint density at radius 3 is 0.863 bits per heavy atom. The van der Waals surface area contributed by atoms with Gasteiger partial charge in [0.15, 0.2) is 0 Å². The van der Waals surface area contributed by atoms with Gasteiger partial charge in [0, 0.05) is 0 Å². The molecule has 0 spiro atoms. The van der Waals surface area contributed by atoms with Gasteiger partial charge in [-0.3, -0.25) is 0 Å². The predicted octanol–water partition coefficient (Wildman–Crippen LogP) is 15.0. The molecular formula is C66H59BF6O5P2. The van der Waals surface area contributed by atoms with Crippen LogP contribution < -0.4 is 36.5 Å². The first-order valence-electron chi connectivity index (χ1n) is 26.2. The summed E-state index contributed by atoms with van der Waals surface area (Å²) in [6, 6.07) is 69.0. The van der Waals surface area contributed by atoms with Crippen LogP contribution in [0.2, 0.25) is 0 Å². The third-order valence-corrected chi connectivity index (χ3v) is 26.3. The molecule has 0 saturated carbocycles. The second kappa shape index (κ2) is 23.0. The molecule has 0 fully saturated rings. The summed E-state index contributed by atoms with van der Waals surface area (Å²) in [6.45, 7) is -2.47. The van der Waals surface area contributed by atoms with Crippen LogP contribution in [0.4, 0.5) is 26.3 Å². The topological polar surface area (TPSA) is 61.8 Å². The molecule has 0 unspecified atom stereocenters. The molecule has 0 saturated heterocycles. The van der Waals surface area contributed by atoms with Gasteiger partial charge < -0.3 is 0 Å². The Morgan fingerprint density at radius 1 is 0.388 bits per heavy atom. The first-order chi connectivity index (χ1) is 38.3. The van der Waals surface area contributed by atoms with E-state index in [2.05, 4.69) is 0 Å². The molecule has 408 valence electrons. The van der Waals surface area contributed by atoms with E-state index in [0.29, 0.717) is 55.1 Å². The van der Waals surface area contributed by atoms with E-state index in [1.165, 1.54) is 0 Å². The zero-order chi connectivity index (χ0) is 56.8. The number of rotatable bonds is 20. The molecule has 0 bridgehead atoms. The number of carbonyl (C=O) groups excluding carboxylic acids is 2. The van der Waals surface area contributed by atoms with E-state index in [1.807, 2.05) is 52.0 Å². The summed E-state index contributed by atoms with van der Waals surface area (Å²) in [6.07, 6.45) is -11.5. The first kappa shape index (κ1) is 57.2. The fraction of sp³-hybridized carbons (Fsp3) is 0.152. The molecule has 0 radical (unpaired) electrons. The van der Waals surface area contributed by atoms with Gasteiger partial charge in [-0.25, -0.2) is 0 Å². The Balaban J connectivity index is 1.45. The molecule has 0 amide bonds. The monoisotopic (exact) mass is 1120 g/mol. The van der Waals surface area contributed by atoms with Gasteiger partial charge >= 0.3 is 466 Å². The zero-order valence-electron chi connectivity index (χ0n) is 44.5. The van der Waals surface area contributed by atoms with Crippen molar-refractivity contribution >= 4 is 64.4 Å². The molecule has 0 aliphatic carbocycles. The molecule has 0 atom stereocenters. The van der Waals surface area contributed by atoms with Crippen molar-refractivity contribution in [3.8, 4) is 5.75 Å². The standard InChI is InChI=1S/C66H59BF6O5P2/c1-48(2)50-35-39-52(40-36-50)63(74)46-79(57-23-11-5-12-24-57,58-25-13-6-14-26-58,59-27-15-7-16-28-59)77-67(76-56-44-54(65(68,69)70)43-55(45-56)66(71,72)73)78-80(60-29-17-8-18-30-60,61-31-19-9-20-32-61,62-33-21-10-22-34-62)47-64(75)53-41-37-51(38-42-53)49(3)4/h5-45,48-49H,46-47H2,1-4H3. The molecular weight excluding hydrogens is 1060 g/mol.